The molecular formula is C34H28N6O2. The molecule has 0 atom stereocenters. The van der Waals surface area contributed by atoms with Crippen molar-refractivity contribution in [3.8, 4) is 22.4 Å². The fourth-order valence-corrected chi connectivity index (χ4v) is 5.27. The van der Waals surface area contributed by atoms with Crippen LogP contribution in [0.4, 0.5) is 0 Å². The van der Waals surface area contributed by atoms with Crippen molar-refractivity contribution in [2.75, 3.05) is 0 Å². The van der Waals surface area contributed by atoms with E-state index in [0.717, 1.165) is 50.5 Å². The highest BCUT2D eigenvalue weighted by molar-refractivity contribution is 6.09. The quantitative estimate of drug-likeness (QED) is 0.146. The number of benzene rings is 3. The molecule has 0 saturated heterocycles. The summed E-state index contributed by atoms with van der Waals surface area (Å²) < 4.78 is 9.69. The molecule has 0 bridgehead atoms. The zero-order valence-corrected chi connectivity index (χ0v) is 23.3. The molecule has 0 radical (unpaired) electrons. The van der Waals surface area contributed by atoms with E-state index in [-0.39, 0.29) is 6.61 Å². The third-order valence-corrected chi connectivity index (χ3v) is 7.29. The monoisotopic (exact) mass is 552 g/mol. The highest BCUT2D eigenvalue weighted by Gasteiger charge is 2.25. The SMILES string of the molecule is C/C(=N\OCc1nc2c3c(-c4ccccc4)c(-c4ccccc4)n(Cc4ccco4)c3ncn2n1)c1ccc(C)cc1. The number of hydrogen-bond donors (Lipinski definition) is 0. The van der Waals surface area contributed by atoms with E-state index in [0.29, 0.717) is 18.0 Å². The molecule has 0 saturated carbocycles. The highest BCUT2D eigenvalue weighted by Crippen LogP contribution is 2.42. The number of fused-ring (bicyclic) bond motifs is 3. The van der Waals surface area contributed by atoms with E-state index in [1.807, 2.05) is 67.6 Å². The second-order valence-electron chi connectivity index (χ2n) is 10.2. The first kappa shape index (κ1) is 25.5. The van der Waals surface area contributed by atoms with E-state index in [1.54, 1.807) is 17.1 Å². The molecule has 0 amide bonds. The maximum absolute atomic E-state index is 5.77. The Balaban J connectivity index is 1.37. The van der Waals surface area contributed by atoms with Gasteiger partial charge in [0, 0.05) is 5.56 Å². The molecule has 8 heteroatoms. The maximum Gasteiger partial charge on any atom is 0.192 e. The molecule has 4 aromatic heterocycles. The van der Waals surface area contributed by atoms with Crippen LogP contribution >= 0.6 is 0 Å². The Morgan fingerprint density at radius 2 is 1.60 bits per heavy atom. The summed E-state index contributed by atoms with van der Waals surface area (Å²) in [5.41, 5.74) is 8.70. The lowest BCUT2D eigenvalue weighted by atomic mass is 9.99. The Morgan fingerprint density at radius 1 is 0.857 bits per heavy atom. The first-order valence-corrected chi connectivity index (χ1v) is 13.8. The Morgan fingerprint density at radius 3 is 2.31 bits per heavy atom. The van der Waals surface area contributed by atoms with Crippen molar-refractivity contribution >= 4 is 22.4 Å². The van der Waals surface area contributed by atoms with Crippen LogP contribution in [-0.2, 0) is 18.0 Å². The van der Waals surface area contributed by atoms with E-state index in [9.17, 15) is 0 Å². The second kappa shape index (κ2) is 10.8. The van der Waals surface area contributed by atoms with Crippen LogP contribution in [0.1, 0.15) is 29.6 Å². The summed E-state index contributed by atoms with van der Waals surface area (Å²) in [4.78, 5) is 15.5. The van der Waals surface area contributed by atoms with Crippen molar-refractivity contribution in [1.29, 1.82) is 0 Å². The number of aryl methyl sites for hydroxylation is 1. The van der Waals surface area contributed by atoms with Crippen molar-refractivity contribution < 1.29 is 9.25 Å². The normalized spacial score (nSPS) is 11.9. The smallest absolute Gasteiger partial charge is 0.192 e. The number of oxime groups is 1. The third-order valence-electron chi connectivity index (χ3n) is 7.29. The molecule has 4 heterocycles. The lowest BCUT2D eigenvalue weighted by molar-refractivity contribution is 0.125. The first-order chi connectivity index (χ1) is 20.7. The van der Waals surface area contributed by atoms with Gasteiger partial charge in [-0.3, -0.25) is 0 Å². The molecule has 0 aliphatic rings. The zero-order valence-electron chi connectivity index (χ0n) is 23.3. The minimum Gasteiger partial charge on any atom is -0.467 e. The van der Waals surface area contributed by atoms with Crippen LogP contribution in [0.3, 0.4) is 0 Å². The zero-order chi connectivity index (χ0) is 28.5. The maximum atomic E-state index is 5.77. The lowest BCUT2D eigenvalue weighted by Crippen LogP contribution is -2.03. The summed E-state index contributed by atoms with van der Waals surface area (Å²) in [6.45, 7) is 4.63. The van der Waals surface area contributed by atoms with Gasteiger partial charge < -0.3 is 13.8 Å². The molecule has 0 aliphatic carbocycles. The summed E-state index contributed by atoms with van der Waals surface area (Å²) in [5, 5.41) is 9.91. The van der Waals surface area contributed by atoms with E-state index < -0.39 is 0 Å². The number of hydrogen-bond acceptors (Lipinski definition) is 6. The summed E-state index contributed by atoms with van der Waals surface area (Å²) >= 11 is 0. The fraction of sp³-hybridized carbons (Fsp3) is 0.118. The van der Waals surface area contributed by atoms with E-state index in [4.69, 9.17) is 19.2 Å². The number of furan rings is 1. The van der Waals surface area contributed by atoms with Crippen LogP contribution < -0.4 is 0 Å². The van der Waals surface area contributed by atoms with Gasteiger partial charge in [-0.1, -0.05) is 95.6 Å². The summed E-state index contributed by atoms with van der Waals surface area (Å²) in [7, 11) is 0. The van der Waals surface area contributed by atoms with Gasteiger partial charge in [-0.05, 0) is 42.7 Å². The Kier molecular flexibility index (Phi) is 6.56. The van der Waals surface area contributed by atoms with Gasteiger partial charge in [0.1, 0.15) is 17.7 Å². The number of rotatable bonds is 8. The van der Waals surface area contributed by atoms with E-state index in [1.165, 1.54) is 5.56 Å². The lowest BCUT2D eigenvalue weighted by Gasteiger charge is -2.11. The molecule has 0 fully saturated rings. The second-order valence-corrected chi connectivity index (χ2v) is 10.2. The predicted octanol–water partition coefficient (Wildman–Crippen LogP) is 7.30. The van der Waals surface area contributed by atoms with Gasteiger partial charge in [0.15, 0.2) is 18.1 Å². The molecule has 0 spiro atoms. The molecule has 7 rings (SSSR count). The molecule has 0 unspecified atom stereocenters. The van der Waals surface area contributed by atoms with Crippen LogP contribution in [-0.4, -0.2) is 29.9 Å². The average Bonchev–Trinajstić information content (AvgIpc) is 3.76. The molecule has 42 heavy (non-hydrogen) atoms. The van der Waals surface area contributed by atoms with Crippen LogP contribution in [0.2, 0.25) is 0 Å². The molecule has 0 aliphatic heterocycles. The summed E-state index contributed by atoms with van der Waals surface area (Å²) in [6.07, 6.45) is 3.40. The Hall–Kier alpha value is -5.50. The molecule has 3 aromatic carbocycles. The number of nitrogens with zero attached hydrogens (tertiary/aromatic N) is 6. The molecule has 206 valence electrons. The van der Waals surface area contributed by atoms with Crippen molar-refractivity contribution in [1.82, 2.24) is 24.1 Å². The van der Waals surface area contributed by atoms with E-state index >= 15 is 0 Å². The predicted molar refractivity (Wildman–Crippen MR) is 163 cm³/mol. The van der Waals surface area contributed by atoms with Crippen LogP contribution in [0.5, 0.6) is 0 Å². The van der Waals surface area contributed by atoms with Crippen molar-refractivity contribution in [3.05, 3.63) is 132 Å². The summed E-state index contributed by atoms with van der Waals surface area (Å²) in [6, 6.07) is 32.8. The van der Waals surface area contributed by atoms with Gasteiger partial charge in [-0.2, -0.15) is 0 Å². The first-order valence-electron chi connectivity index (χ1n) is 13.8. The van der Waals surface area contributed by atoms with Gasteiger partial charge in [0.2, 0.25) is 0 Å². The highest BCUT2D eigenvalue weighted by atomic mass is 16.6. The Labute approximate surface area is 242 Å². The van der Waals surface area contributed by atoms with Gasteiger partial charge in [-0.15, -0.1) is 5.10 Å². The summed E-state index contributed by atoms with van der Waals surface area (Å²) in [5.74, 6) is 1.35. The van der Waals surface area contributed by atoms with Crippen molar-refractivity contribution in [3.63, 3.8) is 0 Å². The Bertz CT molecular complexity index is 2010. The topological polar surface area (TPSA) is 82.7 Å². The van der Waals surface area contributed by atoms with Gasteiger partial charge >= 0.3 is 0 Å². The van der Waals surface area contributed by atoms with Gasteiger partial charge in [0.25, 0.3) is 0 Å². The average molecular weight is 553 g/mol. The number of aromatic nitrogens is 5. The minimum absolute atomic E-state index is 0.131. The van der Waals surface area contributed by atoms with Crippen LogP contribution in [0.15, 0.2) is 119 Å². The van der Waals surface area contributed by atoms with Crippen LogP contribution in [0, 0.1) is 6.92 Å². The third kappa shape index (κ3) is 4.73. The van der Waals surface area contributed by atoms with Gasteiger partial charge in [0.05, 0.1) is 29.6 Å². The van der Waals surface area contributed by atoms with E-state index in [2.05, 4.69) is 58.1 Å². The van der Waals surface area contributed by atoms with Crippen molar-refractivity contribution in [2.24, 2.45) is 5.16 Å². The molecule has 7 aromatic rings. The molecule has 8 nitrogen and oxygen atoms in total. The minimum atomic E-state index is 0.131. The molecular weight excluding hydrogens is 524 g/mol. The van der Waals surface area contributed by atoms with Crippen LogP contribution in [0.25, 0.3) is 39.1 Å². The largest absolute Gasteiger partial charge is 0.467 e. The van der Waals surface area contributed by atoms with Gasteiger partial charge in [-0.25, -0.2) is 14.5 Å². The standard InChI is InChI=1S/C34H28N6O2/c1-23-15-17-25(18-16-23)24(2)38-42-21-29-36-34-31-30(26-10-5-3-6-11-26)32(27-12-7-4-8-13-27)39(20-28-14-9-19-41-28)33(31)35-22-40(34)37-29/h3-19,22H,20-21H2,1-2H3/b38-24+. The fourth-order valence-electron chi connectivity index (χ4n) is 5.27. The molecule has 0 N–H and O–H groups in total. The van der Waals surface area contributed by atoms with Crippen molar-refractivity contribution in [2.45, 2.75) is 27.0 Å².